The molecule has 3 aliphatic rings. The van der Waals surface area contributed by atoms with Gasteiger partial charge in [-0.15, -0.1) is 0 Å². The standard InChI is InChI=1S/C16H26N2O2/c19-14-12-18(11-13-7-3-1-4-8-13)15(20)16(17-14)9-5-2-6-10-16/h13H,1-12H2,(H,17,19). The monoisotopic (exact) mass is 278 g/mol. The number of carbonyl (C=O) groups is 2. The van der Waals surface area contributed by atoms with Crippen LogP contribution in [-0.2, 0) is 9.59 Å². The SMILES string of the molecule is O=C1CN(CC2CCCCC2)C(=O)C2(CCCCC2)N1. The summed E-state index contributed by atoms with van der Waals surface area (Å²) in [7, 11) is 0. The van der Waals surface area contributed by atoms with Gasteiger partial charge in [0.05, 0.1) is 6.54 Å². The third-order valence-electron chi connectivity index (χ3n) is 5.32. The van der Waals surface area contributed by atoms with Crippen molar-refractivity contribution in [3.05, 3.63) is 0 Å². The maximum atomic E-state index is 12.8. The topological polar surface area (TPSA) is 49.4 Å². The highest BCUT2D eigenvalue weighted by molar-refractivity contribution is 5.98. The van der Waals surface area contributed by atoms with E-state index in [1.807, 2.05) is 4.90 Å². The molecule has 2 aliphatic carbocycles. The molecule has 3 fully saturated rings. The van der Waals surface area contributed by atoms with Crippen molar-refractivity contribution in [2.24, 2.45) is 5.92 Å². The molecule has 3 rings (SSSR count). The zero-order chi connectivity index (χ0) is 14.0. The smallest absolute Gasteiger partial charge is 0.248 e. The number of piperazine rings is 1. The molecule has 1 heterocycles. The average molecular weight is 278 g/mol. The van der Waals surface area contributed by atoms with Crippen LogP contribution in [0, 0.1) is 5.92 Å². The van der Waals surface area contributed by atoms with Crippen molar-refractivity contribution in [2.45, 2.75) is 69.7 Å². The van der Waals surface area contributed by atoms with Gasteiger partial charge in [0.25, 0.3) is 0 Å². The number of amides is 2. The molecule has 0 radical (unpaired) electrons. The minimum Gasteiger partial charge on any atom is -0.340 e. The second kappa shape index (κ2) is 5.74. The minimum atomic E-state index is -0.553. The second-order valence-corrected chi connectivity index (χ2v) is 6.88. The Labute approximate surface area is 121 Å². The van der Waals surface area contributed by atoms with Crippen molar-refractivity contribution in [3.8, 4) is 0 Å². The molecule has 1 N–H and O–H groups in total. The summed E-state index contributed by atoms with van der Waals surface area (Å²) >= 11 is 0. The summed E-state index contributed by atoms with van der Waals surface area (Å²) in [5.74, 6) is 0.851. The molecular weight excluding hydrogens is 252 g/mol. The summed E-state index contributed by atoms with van der Waals surface area (Å²) < 4.78 is 0. The zero-order valence-electron chi connectivity index (χ0n) is 12.3. The lowest BCUT2D eigenvalue weighted by Gasteiger charge is -2.45. The molecule has 0 bridgehead atoms. The lowest BCUT2D eigenvalue weighted by atomic mass is 9.79. The van der Waals surface area contributed by atoms with Gasteiger partial charge < -0.3 is 10.2 Å². The number of nitrogens with zero attached hydrogens (tertiary/aromatic N) is 1. The van der Waals surface area contributed by atoms with Crippen LogP contribution < -0.4 is 5.32 Å². The van der Waals surface area contributed by atoms with Crippen molar-refractivity contribution in [2.75, 3.05) is 13.1 Å². The number of carbonyl (C=O) groups excluding carboxylic acids is 2. The van der Waals surface area contributed by atoms with Gasteiger partial charge in [-0.2, -0.15) is 0 Å². The van der Waals surface area contributed by atoms with Crippen LogP contribution in [0.5, 0.6) is 0 Å². The number of rotatable bonds is 2. The van der Waals surface area contributed by atoms with E-state index in [0.717, 1.165) is 32.2 Å². The molecule has 0 aromatic heterocycles. The van der Waals surface area contributed by atoms with E-state index in [1.165, 1.54) is 38.5 Å². The third-order valence-corrected chi connectivity index (χ3v) is 5.32. The quantitative estimate of drug-likeness (QED) is 0.842. The first-order valence-corrected chi connectivity index (χ1v) is 8.30. The number of nitrogens with one attached hydrogen (secondary N) is 1. The number of hydrogen-bond acceptors (Lipinski definition) is 2. The molecule has 1 spiro atoms. The fourth-order valence-corrected chi connectivity index (χ4v) is 4.23. The van der Waals surface area contributed by atoms with Gasteiger partial charge in [0.1, 0.15) is 5.54 Å². The first-order chi connectivity index (χ1) is 9.70. The van der Waals surface area contributed by atoms with Crippen molar-refractivity contribution >= 4 is 11.8 Å². The van der Waals surface area contributed by atoms with E-state index in [9.17, 15) is 9.59 Å². The molecule has 2 saturated carbocycles. The highest BCUT2D eigenvalue weighted by Crippen LogP contribution is 2.33. The Morgan fingerprint density at radius 2 is 1.65 bits per heavy atom. The van der Waals surface area contributed by atoms with Gasteiger partial charge in [-0.25, -0.2) is 0 Å². The largest absolute Gasteiger partial charge is 0.340 e. The van der Waals surface area contributed by atoms with E-state index in [1.54, 1.807) is 0 Å². The Hall–Kier alpha value is -1.06. The van der Waals surface area contributed by atoms with Gasteiger partial charge >= 0.3 is 0 Å². The summed E-state index contributed by atoms with van der Waals surface area (Å²) in [6, 6.07) is 0. The van der Waals surface area contributed by atoms with E-state index in [2.05, 4.69) is 5.32 Å². The van der Waals surface area contributed by atoms with Gasteiger partial charge in [0, 0.05) is 6.54 Å². The van der Waals surface area contributed by atoms with Gasteiger partial charge in [-0.3, -0.25) is 9.59 Å². The first kappa shape index (κ1) is 13.9. The van der Waals surface area contributed by atoms with Gasteiger partial charge in [0.2, 0.25) is 11.8 Å². The second-order valence-electron chi connectivity index (χ2n) is 6.88. The molecule has 0 aromatic carbocycles. The summed E-state index contributed by atoms with van der Waals surface area (Å²) in [5.41, 5.74) is -0.553. The summed E-state index contributed by atoms with van der Waals surface area (Å²) in [6.07, 6.45) is 11.3. The maximum Gasteiger partial charge on any atom is 0.248 e. The molecule has 0 unspecified atom stereocenters. The van der Waals surface area contributed by atoms with Gasteiger partial charge in [-0.1, -0.05) is 38.5 Å². The Morgan fingerprint density at radius 1 is 1.00 bits per heavy atom. The number of hydrogen-bond donors (Lipinski definition) is 1. The molecule has 4 nitrogen and oxygen atoms in total. The van der Waals surface area contributed by atoms with Crippen LogP contribution in [0.3, 0.4) is 0 Å². The van der Waals surface area contributed by atoms with Crippen molar-refractivity contribution in [1.82, 2.24) is 10.2 Å². The Kier molecular flexibility index (Phi) is 3.99. The molecule has 20 heavy (non-hydrogen) atoms. The molecule has 0 aromatic rings. The minimum absolute atomic E-state index is 0.0438. The highest BCUT2D eigenvalue weighted by Gasteiger charge is 2.47. The molecule has 4 heteroatoms. The molecular formula is C16H26N2O2. The van der Waals surface area contributed by atoms with Crippen LogP contribution >= 0.6 is 0 Å². The summed E-state index contributed by atoms with van der Waals surface area (Å²) in [5, 5.41) is 3.02. The molecule has 112 valence electrons. The van der Waals surface area contributed by atoms with E-state index in [-0.39, 0.29) is 18.4 Å². The van der Waals surface area contributed by atoms with Crippen molar-refractivity contribution in [3.63, 3.8) is 0 Å². The van der Waals surface area contributed by atoms with E-state index in [4.69, 9.17) is 0 Å². The first-order valence-electron chi connectivity index (χ1n) is 8.30. The van der Waals surface area contributed by atoms with Crippen molar-refractivity contribution < 1.29 is 9.59 Å². The van der Waals surface area contributed by atoms with E-state index < -0.39 is 5.54 Å². The Bertz CT molecular complexity index is 382. The fraction of sp³-hybridized carbons (Fsp3) is 0.875. The normalized spacial score (nSPS) is 27.7. The van der Waals surface area contributed by atoms with Gasteiger partial charge in [0.15, 0.2) is 0 Å². The Balaban J connectivity index is 1.69. The molecule has 0 atom stereocenters. The van der Waals surface area contributed by atoms with Gasteiger partial charge in [-0.05, 0) is 31.6 Å². The summed E-state index contributed by atoms with van der Waals surface area (Å²) in [6.45, 7) is 1.07. The third kappa shape index (κ3) is 2.70. The molecule has 2 amide bonds. The molecule has 1 saturated heterocycles. The van der Waals surface area contributed by atoms with E-state index in [0.29, 0.717) is 5.92 Å². The van der Waals surface area contributed by atoms with Crippen LogP contribution in [-0.4, -0.2) is 35.3 Å². The molecule has 1 aliphatic heterocycles. The zero-order valence-corrected chi connectivity index (χ0v) is 12.3. The van der Waals surface area contributed by atoms with Crippen LogP contribution in [0.4, 0.5) is 0 Å². The lowest BCUT2D eigenvalue weighted by molar-refractivity contribution is -0.152. The van der Waals surface area contributed by atoms with Crippen LogP contribution in [0.1, 0.15) is 64.2 Å². The Morgan fingerprint density at radius 3 is 2.35 bits per heavy atom. The predicted molar refractivity (Wildman–Crippen MR) is 77.1 cm³/mol. The lowest BCUT2D eigenvalue weighted by Crippen LogP contribution is -2.67. The maximum absolute atomic E-state index is 12.8. The summed E-state index contributed by atoms with van der Waals surface area (Å²) in [4.78, 5) is 26.7. The van der Waals surface area contributed by atoms with Crippen molar-refractivity contribution in [1.29, 1.82) is 0 Å². The predicted octanol–water partition coefficient (Wildman–Crippen LogP) is 2.23. The van der Waals surface area contributed by atoms with Crippen LogP contribution in [0.2, 0.25) is 0 Å². The average Bonchev–Trinajstić information content (AvgIpc) is 2.46. The van der Waals surface area contributed by atoms with E-state index >= 15 is 0 Å². The van der Waals surface area contributed by atoms with Crippen LogP contribution in [0.25, 0.3) is 0 Å². The fourth-order valence-electron chi connectivity index (χ4n) is 4.23. The highest BCUT2D eigenvalue weighted by atomic mass is 16.2. The van der Waals surface area contributed by atoms with Crippen LogP contribution in [0.15, 0.2) is 0 Å².